The van der Waals surface area contributed by atoms with Gasteiger partial charge in [-0.3, -0.25) is 4.79 Å². The maximum Gasteiger partial charge on any atom is 0.407 e. The van der Waals surface area contributed by atoms with Gasteiger partial charge in [-0.25, -0.2) is 13.8 Å². The number of rotatable bonds is 4. The number of ether oxygens (including phenoxy) is 1. The van der Waals surface area contributed by atoms with Gasteiger partial charge < -0.3 is 15.2 Å². The van der Waals surface area contributed by atoms with Gasteiger partial charge in [-0.2, -0.15) is 8.42 Å². The Bertz CT molecular complexity index is 785. The van der Waals surface area contributed by atoms with Gasteiger partial charge in [-0.15, -0.1) is 0 Å². The Morgan fingerprint density at radius 2 is 2.08 bits per heavy atom. The molecule has 0 saturated carbocycles. The van der Waals surface area contributed by atoms with Gasteiger partial charge in [0, 0.05) is 6.54 Å². The first kappa shape index (κ1) is 18.8. The third kappa shape index (κ3) is 4.99. The van der Waals surface area contributed by atoms with Crippen LogP contribution in [0.15, 0.2) is 18.2 Å². The highest BCUT2D eigenvalue weighted by molar-refractivity contribution is 7.92. The van der Waals surface area contributed by atoms with Gasteiger partial charge in [-0.05, 0) is 44.9 Å². The summed E-state index contributed by atoms with van der Waals surface area (Å²) in [6.07, 6.45) is -0.127. The van der Waals surface area contributed by atoms with E-state index in [9.17, 15) is 23.1 Å². The maximum atomic E-state index is 11.8. The van der Waals surface area contributed by atoms with Crippen molar-refractivity contribution in [3.63, 3.8) is 0 Å². The quantitative estimate of drug-likeness (QED) is 0.713. The van der Waals surface area contributed by atoms with E-state index in [1.807, 2.05) is 4.72 Å². The molecule has 3 N–H and O–H groups in total. The molecule has 2 amide bonds. The van der Waals surface area contributed by atoms with Crippen LogP contribution in [0.3, 0.4) is 0 Å². The third-order valence-corrected chi connectivity index (χ3v) is 4.60. The first-order valence-corrected chi connectivity index (χ1v) is 9.04. The molecule has 0 bridgehead atoms. The number of benzene rings is 1. The fourth-order valence-corrected chi connectivity index (χ4v) is 3.38. The average molecular weight is 371 g/mol. The summed E-state index contributed by atoms with van der Waals surface area (Å²) in [6, 6.07) is 4.42. The van der Waals surface area contributed by atoms with Gasteiger partial charge in [-0.1, -0.05) is 6.07 Å². The molecule has 1 aromatic rings. The first-order valence-electron chi connectivity index (χ1n) is 7.60. The summed E-state index contributed by atoms with van der Waals surface area (Å²) < 4.78 is 31.3. The molecule has 9 nitrogen and oxygen atoms in total. The summed E-state index contributed by atoms with van der Waals surface area (Å²) in [5.41, 5.74) is 0.117. The number of anilines is 1. The van der Waals surface area contributed by atoms with Crippen molar-refractivity contribution in [3.05, 3.63) is 23.8 Å². The summed E-state index contributed by atoms with van der Waals surface area (Å²) in [5.74, 6) is -0.931. The van der Waals surface area contributed by atoms with Crippen molar-refractivity contribution in [2.75, 3.05) is 17.4 Å². The number of carbonyl (C=O) groups is 2. The molecule has 1 fully saturated rings. The van der Waals surface area contributed by atoms with Crippen molar-refractivity contribution in [2.24, 2.45) is 0 Å². The average Bonchev–Trinajstić information content (AvgIpc) is 2.69. The summed E-state index contributed by atoms with van der Waals surface area (Å²) in [5, 5.41) is 12.7. The van der Waals surface area contributed by atoms with E-state index in [0.717, 1.165) is 4.31 Å². The van der Waals surface area contributed by atoms with Gasteiger partial charge >= 0.3 is 16.3 Å². The zero-order valence-corrected chi connectivity index (χ0v) is 15.0. The monoisotopic (exact) mass is 371 g/mol. The van der Waals surface area contributed by atoms with E-state index in [1.54, 1.807) is 26.8 Å². The van der Waals surface area contributed by atoms with Gasteiger partial charge in [0.2, 0.25) is 0 Å². The first-order chi connectivity index (χ1) is 11.5. The molecule has 1 aliphatic rings. The number of alkyl carbamates (subject to hydrolysis) is 1. The van der Waals surface area contributed by atoms with Crippen molar-refractivity contribution >= 4 is 27.9 Å². The zero-order valence-electron chi connectivity index (χ0n) is 14.2. The number of aromatic hydroxyl groups is 1. The number of phenolic OH excluding ortho intramolecular Hbond substituents is 1. The van der Waals surface area contributed by atoms with Crippen LogP contribution in [0.5, 0.6) is 5.75 Å². The molecule has 25 heavy (non-hydrogen) atoms. The topological polar surface area (TPSA) is 125 Å². The van der Waals surface area contributed by atoms with Crippen LogP contribution in [-0.2, 0) is 26.2 Å². The van der Waals surface area contributed by atoms with Gasteiger partial charge in [0.05, 0.1) is 5.69 Å². The summed E-state index contributed by atoms with van der Waals surface area (Å²) in [4.78, 5) is 22.8. The Hall–Kier alpha value is -2.49. The molecule has 1 aliphatic heterocycles. The van der Waals surface area contributed by atoms with E-state index in [-0.39, 0.29) is 24.5 Å². The molecule has 1 saturated heterocycles. The van der Waals surface area contributed by atoms with Crippen LogP contribution in [0.2, 0.25) is 0 Å². The van der Waals surface area contributed by atoms with E-state index >= 15 is 0 Å². The SMILES string of the molecule is CC(C)(C)OC(=O)NCCc1ccc(N2CC(=O)NS2(=O)=O)c(O)c1. The highest BCUT2D eigenvalue weighted by Crippen LogP contribution is 2.31. The smallest absolute Gasteiger partial charge is 0.407 e. The second-order valence-corrected chi connectivity index (χ2v) is 8.13. The fraction of sp³-hybridized carbons (Fsp3) is 0.467. The molecule has 0 aliphatic carbocycles. The number of nitrogens with one attached hydrogen (secondary N) is 2. The predicted molar refractivity (Wildman–Crippen MR) is 90.5 cm³/mol. The van der Waals surface area contributed by atoms with E-state index < -0.39 is 27.8 Å². The van der Waals surface area contributed by atoms with Crippen molar-refractivity contribution in [3.8, 4) is 5.75 Å². The van der Waals surface area contributed by atoms with Crippen LogP contribution < -0.4 is 14.3 Å². The normalized spacial score (nSPS) is 16.4. The van der Waals surface area contributed by atoms with Crippen LogP contribution in [0.4, 0.5) is 10.5 Å². The maximum absolute atomic E-state index is 11.8. The zero-order chi connectivity index (χ0) is 18.8. The van der Waals surface area contributed by atoms with Crippen molar-refractivity contribution in [1.82, 2.24) is 10.0 Å². The minimum absolute atomic E-state index is 0.0159. The minimum Gasteiger partial charge on any atom is -0.506 e. The molecule has 0 unspecified atom stereocenters. The number of carbonyl (C=O) groups excluding carboxylic acids is 2. The van der Waals surface area contributed by atoms with E-state index in [2.05, 4.69) is 5.32 Å². The Morgan fingerprint density at radius 1 is 1.40 bits per heavy atom. The second kappa shape index (κ2) is 6.79. The number of hydrogen-bond acceptors (Lipinski definition) is 6. The van der Waals surface area contributed by atoms with E-state index in [4.69, 9.17) is 4.74 Å². The van der Waals surface area contributed by atoms with Gasteiger partial charge in [0.15, 0.2) is 0 Å². The van der Waals surface area contributed by atoms with Gasteiger partial charge in [0.25, 0.3) is 5.91 Å². The van der Waals surface area contributed by atoms with Gasteiger partial charge in [0.1, 0.15) is 17.9 Å². The lowest BCUT2D eigenvalue weighted by Crippen LogP contribution is -2.33. The Kier molecular flexibility index (Phi) is 5.12. The predicted octanol–water partition coefficient (Wildman–Crippen LogP) is 0.640. The largest absolute Gasteiger partial charge is 0.506 e. The van der Waals surface area contributed by atoms with E-state index in [0.29, 0.717) is 12.0 Å². The standard InChI is InChI=1S/C15H21N3O6S/c1-15(2,3)24-14(21)16-7-6-10-4-5-11(12(19)8-10)18-9-13(20)17-25(18,22)23/h4-5,8,19H,6-7,9H2,1-3H3,(H,16,21)(H,17,20). The second-order valence-electron chi connectivity index (χ2n) is 6.54. The Morgan fingerprint density at radius 3 is 2.60 bits per heavy atom. The summed E-state index contributed by atoms with van der Waals surface area (Å²) in [6.45, 7) is 5.19. The lowest BCUT2D eigenvalue weighted by atomic mass is 10.1. The van der Waals surface area contributed by atoms with Crippen LogP contribution in [0.25, 0.3) is 0 Å². The Labute approximate surface area is 146 Å². The molecular formula is C15H21N3O6S. The molecule has 138 valence electrons. The van der Waals surface area contributed by atoms with Crippen molar-refractivity contribution in [1.29, 1.82) is 0 Å². The molecule has 0 aromatic heterocycles. The lowest BCUT2D eigenvalue weighted by molar-refractivity contribution is -0.117. The number of hydrogen-bond donors (Lipinski definition) is 3. The van der Waals surface area contributed by atoms with Crippen LogP contribution in [0, 0.1) is 0 Å². The number of nitrogens with zero attached hydrogens (tertiary/aromatic N) is 1. The third-order valence-electron chi connectivity index (χ3n) is 3.21. The highest BCUT2D eigenvalue weighted by atomic mass is 32.2. The fourth-order valence-electron chi connectivity index (χ4n) is 2.22. The number of amides is 2. The van der Waals surface area contributed by atoms with Crippen LogP contribution in [-0.4, -0.2) is 44.2 Å². The highest BCUT2D eigenvalue weighted by Gasteiger charge is 2.35. The molecule has 0 atom stereocenters. The van der Waals surface area contributed by atoms with Crippen LogP contribution >= 0.6 is 0 Å². The molecular weight excluding hydrogens is 350 g/mol. The minimum atomic E-state index is -3.97. The van der Waals surface area contributed by atoms with Crippen molar-refractivity contribution in [2.45, 2.75) is 32.8 Å². The molecule has 1 heterocycles. The molecule has 10 heteroatoms. The summed E-state index contributed by atoms with van der Waals surface area (Å²) >= 11 is 0. The molecule has 2 rings (SSSR count). The molecule has 0 radical (unpaired) electrons. The van der Waals surface area contributed by atoms with E-state index in [1.165, 1.54) is 12.1 Å². The molecule has 0 spiro atoms. The van der Waals surface area contributed by atoms with Crippen molar-refractivity contribution < 1.29 is 27.9 Å². The Balaban J connectivity index is 1.98. The molecule has 1 aromatic carbocycles. The van der Waals surface area contributed by atoms with Crippen LogP contribution in [0.1, 0.15) is 26.3 Å². The number of phenols is 1. The summed E-state index contributed by atoms with van der Waals surface area (Å²) in [7, 11) is -3.97. The lowest BCUT2D eigenvalue weighted by Gasteiger charge is -2.19.